The fourth-order valence-corrected chi connectivity index (χ4v) is 3.86. The second-order valence-corrected chi connectivity index (χ2v) is 8.02. The van der Waals surface area contributed by atoms with Crippen molar-refractivity contribution in [3.63, 3.8) is 0 Å². The van der Waals surface area contributed by atoms with Gasteiger partial charge in [-0.05, 0) is 43.2 Å². The lowest BCUT2D eigenvalue weighted by atomic mass is 10.2. The standard InChI is InChI=1S/C23H22ClN3O3/c24-17-8-9-19(27-10-12-29-13-11-27)18(14-17)25-22(28)20-21(15-6-7-15)30-23(26-20)16-4-2-1-3-5-16/h1-5,8-9,14-15H,6-7,10-13H2,(H,25,28). The van der Waals surface area contributed by atoms with Crippen molar-refractivity contribution in [3.05, 3.63) is 65.0 Å². The quantitative estimate of drug-likeness (QED) is 0.628. The molecule has 1 saturated carbocycles. The first-order valence-corrected chi connectivity index (χ1v) is 10.6. The first kappa shape index (κ1) is 19.2. The molecule has 0 bridgehead atoms. The van der Waals surface area contributed by atoms with Gasteiger partial charge in [-0.1, -0.05) is 29.8 Å². The number of amides is 1. The third-order valence-electron chi connectivity index (χ3n) is 5.40. The van der Waals surface area contributed by atoms with Gasteiger partial charge in [0.2, 0.25) is 5.89 Å². The zero-order chi connectivity index (χ0) is 20.5. The molecular weight excluding hydrogens is 402 g/mol. The van der Waals surface area contributed by atoms with E-state index in [1.807, 2.05) is 42.5 Å². The van der Waals surface area contributed by atoms with Crippen LogP contribution in [0.15, 0.2) is 52.9 Å². The number of carbonyl (C=O) groups is 1. The van der Waals surface area contributed by atoms with Crippen molar-refractivity contribution in [2.75, 3.05) is 36.5 Å². The van der Waals surface area contributed by atoms with Crippen LogP contribution in [0.2, 0.25) is 5.02 Å². The Morgan fingerprint density at radius 3 is 2.60 bits per heavy atom. The molecule has 0 atom stereocenters. The van der Waals surface area contributed by atoms with Gasteiger partial charge in [0.05, 0.1) is 24.6 Å². The monoisotopic (exact) mass is 423 g/mol. The molecule has 30 heavy (non-hydrogen) atoms. The third-order valence-corrected chi connectivity index (χ3v) is 5.63. The maximum atomic E-state index is 13.2. The molecule has 1 aliphatic heterocycles. The zero-order valence-corrected chi connectivity index (χ0v) is 17.2. The number of nitrogens with one attached hydrogen (secondary N) is 1. The fourth-order valence-electron chi connectivity index (χ4n) is 3.69. The predicted octanol–water partition coefficient (Wildman–Crippen LogP) is 4.96. The lowest BCUT2D eigenvalue weighted by Crippen LogP contribution is -2.36. The number of ether oxygens (including phenoxy) is 1. The lowest BCUT2D eigenvalue weighted by molar-refractivity contribution is 0.102. The summed E-state index contributed by atoms with van der Waals surface area (Å²) in [5, 5.41) is 3.59. The molecule has 2 heterocycles. The number of benzene rings is 2. The minimum atomic E-state index is -0.278. The van der Waals surface area contributed by atoms with E-state index < -0.39 is 0 Å². The normalized spacial score (nSPS) is 16.5. The molecule has 3 aromatic rings. The SMILES string of the molecule is O=C(Nc1cc(Cl)ccc1N1CCOCC1)c1nc(-c2ccccc2)oc1C1CC1. The molecule has 2 aromatic carbocycles. The van der Waals surface area contributed by atoms with Gasteiger partial charge in [0.1, 0.15) is 5.76 Å². The molecule has 0 radical (unpaired) electrons. The predicted molar refractivity (Wildman–Crippen MR) is 116 cm³/mol. The van der Waals surface area contributed by atoms with Gasteiger partial charge in [-0.3, -0.25) is 4.79 Å². The lowest BCUT2D eigenvalue weighted by Gasteiger charge is -2.30. The molecule has 1 amide bonds. The molecule has 1 N–H and O–H groups in total. The van der Waals surface area contributed by atoms with Crippen LogP contribution in [0.3, 0.4) is 0 Å². The first-order valence-electron chi connectivity index (χ1n) is 10.2. The summed E-state index contributed by atoms with van der Waals surface area (Å²) in [6.07, 6.45) is 2.03. The van der Waals surface area contributed by atoms with E-state index in [4.69, 9.17) is 20.8 Å². The molecule has 2 aliphatic rings. The number of morpholine rings is 1. The summed E-state index contributed by atoms with van der Waals surface area (Å²) in [6, 6.07) is 15.2. The fraction of sp³-hybridized carbons (Fsp3) is 0.304. The van der Waals surface area contributed by atoms with E-state index in [9.17, 15) is 4.79 Å². The van der Waals surface area contributed by atoms with Gasteiger partial charge < -0.3 is 19.4 Å². The second-order valence-electron chi connectivity index (χ2n) is 7.59. The van der Waals surface area contributed by atoms with Crippen molar-refractivity contribution in [3.8, 4) is 11.5 Å². The van der Waals surface area contributed by atoms with E-state index in [1.165, 1.54) is 0 Å². The highest BCUT2D eigenvalue weighted by molar-refractivity contribution is 6.31. The smallest absolute Gasteiger partial charge is 0.278 e. The number of nitrogens with zero attached hydrogens (tertiary/aromatic N) is 2. The summed E-state index contributed by atoms with van der Waals surface area (Å²) in [6.45, 7) is 2.84. The van der Waals surface area contributed by atoms with Gasteiger partial charge in [-0.15, -0.1) is 0 Å². The maximum Gasteiger partial charge on any atom is 0.278 e. The summed E-state index contributed by atoms with van der Waals surface area (Å²) in [4.78, 5) is 20.0. The van der Waals surface area contributed by atoms with Gasteiger partial charge in [-0.2, -0.15) is 0 Å². The molecule has 0 spiro atoms. The van der Waals surface area contributed by atoms with Gasteiger partial charge in [0.25, 0.3) is 5.91 Å². The number of hydrogen-bond donors (Lipinski definition) is 1. The first-order chi connectivity index (χ1) is 14.7. The summed E-state index contributed by atoms with van der Waals surface area (Å²) in [5.41, 5.74) is 2.80. The highest BCUT2D eigenvalue weighted by Gasteiger charge is 2.34. The van der Waals surface area contributed by atoms with Crippen LogP contribution >= 0.6 is 11.6 Å². The van der Waals surface area contributed by atoms with Crippen LogP contribution < -0.4 is 10.2 Å². The Hall–Kier alpha value is -2.83. The van der Waals surface area contributed by atoms with Crippen LogP contribution in [0, 0.1) is 0 Å². The molecule has 2 fully saturated rings. The van der Waals surface area contributed by atoms with Crippen LogP contribution in [0.5, 0.6) is 0 Å². The van der Waals surface area contributed by atoms with E-state index in [-0.39, 0.29) is 11.8 Å². The number of hydrogen-bond acceptors (Lipinski definition) is 5. The van der Waals surface area contributed by atoms with E-state index >= 15 is 0 Å². The number of carbonyl (C=O) groups excluding carboxylic acids is 1. The molecule has 1 saturated heterocycles. The Kier molecular flexibility index (Phi) is 5.19. The van der Waals surface area contributed by atoms with Crippen LogP contribution in [0.1, 0.15) is 35.0 Å². The Bertz CT molecular complexity index is 1060. The minimum absolute atomic E-state index is 0.258. The maximum absolute atomic E-state index is 13.2. The summed E-state index contributed by atoms with van der Waals surface area (Å²) >= 11 is 6.23. The molecule has 6 nitrogen and oxygen atoms in total. The molecule has 0 unspecified atom stereocenters. The highest BCUT2D eigenvalue weighted by Crippen LogP contribution is 2.43. The van der Waals surface area contributed by atoms with Crippen LogP contribution in [0.4, 0.5) is 11.4 Å². The summed E-state index contributed by atoms with van der Waals surface area (Å²) in [5.74, 6) is 1.12. The Balaban J connectivity index is 1.46. The number of aromatic nitrogens is 1. The van der Waals surface area contributed by atoms with Crippen molar-refractivity contribution in [1.82, 2.24) is 4.98 Å². The van der Waals surface area contributed by atoms with Gasteiger partial charge in [0, 0.05) is 29.6 Å². The van der Waals surface area contributed by atoms with Gasteiger partial charge >= 0.3 is 0 Å². The summed E-state index contributed by atoms with van der Waals surface area (Å²) in [7, 11) is 0. The third kappa shape index (κ3) is 3.93. The van der Waals surface area contributed by atoms with E-state index in [0.717, 1.165) is 37.2 Å². The molecule has 1 aliphatic carbocycles. The summed E-state index contributed by atoms with van der Waals surface area (Å²) < 4.78 is 11.5. The number of anilines is 2. The largest absolute Gasteiger partial charge is 0.440 e. The van der Waals surface area contributed by atoms with Crippen molar-refractivity contribution < 1.29 is 13.9 Å². The Morgan fingerprint density at radius 1 is 1.10 bits per heavy atom. The molecule has 154 valence electrons. The average Bonchev–Trinajstić information content (AvgIpc) is 3.53. The molecule has 1 aromatic heterocycles. The van der Waals surface area contributed by atoms with E-state index in [2.05, 4.69) is 15.2 Å². The second kappa shape index (κ2) is 8.13. The van der Waals surface area contributed by atoms with Gasteiger partial charge in [-0.25, -0.2) is 4.98 Å². The molecular formula is C23H22ClN3O3. The topological polar surface area (TPSA) is 67.6 Å². The van der Waals surface area contributed by atoms with Crippen LogP contribution in [-0.2, 0) is 4.74 Å². The Morgan fingerprint density at radius 2 is 1.87 bits per heavy atom. The van der Waals surface area contributed by atoms with E-state index in [1.54, 1.807) is 6.07 Å². The van der Waals surface area contributed by atoms with Crippen LogP contribution in [0.25, 0.3) is 11.5 Å². The number of halogens is 1. The van der Waals surface area contributed by atoms with E-state index in [0.29, 0.717) is 41.3 Å². The van der Waals surface area contributed by atoms with Crippen molar-refractivity contribution in [2.24, 2.45) is 0 Å². The zero-order valence-electron chi connectivity index (χ0n) is 16.4. The van der Waals surface area contributed by atoms with Crippen molar-refractivity contribution in [1.29, 1.82) is 0 Å². The molecule has 7 heteroatoms. The van der Waals surface area contributed by atoms with Gasteiger partial charge in [0.15, 0.2) is 5.69 Å². The average molecular weight is 424 g/mol. The molecule has 5 rings (SSSR count). The Labute approximate surface area is 179 Å². The van der Waals surface area contributed by atoms with Crippen LogP contribution in [-0.4, -0.2) is 37.2 Å². The number of oxazole rings is 1. The number of rotatable bonds is 5. The minimum Gasteiger partial charge on any atom is -0.440 e. The van der Waals surface area contributed by atoms with Crippen molar-refractivity contribution in [2.45, 2.75) is 18.8 Å². The van der Waals surface area contributed by atoms with Crippen molar-refractivity contribution >= 4 is 28.9 Å². The highest BCUT2D eigenvalue weighted by atomic mass is 35.5.